The lowest BCUT2D eigenvalue weighted by Gasteiger charge is -1.98. The molecule has 4 heteroatoms. The molecule has 0 bridgehead atoms. The summed E-state index contributed by atoms with van der Waals surface area (Å²) in [5.74, 6) is 0.0558. The predicted octanol–water partition coefficient (Wildman–Crippen LogP) is 1.34. The molecule has 3 nitrogen and oxygen atoms in total. The predicted molar refractivity (Wildman–Crippen MR) is 45.0 cm³/mol. The number of imidazole rings is 1. The number of aromatic nitrogens is 2. The SMILES string of the molecule is CSc1ncc(C(C)=O)n1C. The van der Waals surface area contributed by atoms with Gasteiger partial charge in [-0.05, 0) is 6.26 Å². The molecule has 0 saturated heterocycles. The third-order valence-electron chi connectivity index (χ3n) is 1.49. The van der Waals surface area contributed by atoms with Gasteiger partial charge in [0.2, 0.25) is 0 Å². The summed E-state index contributed by atoms with van der Waals surface area (Å²) in [7, 11) is 1.84. The molecule has 0 aliphatic carbocycles. The fraction of sp³-hybridized carbons (Fsp3) is 0.429. The van der Waals surface area contributed by atoms with Gasteiger partial charge in [-0.15, -0.1) is 0 Å². The summed E-state index contributed by atoms with van der Waals surface area (Å²) < 4.78 is 1.80. The summed E-state index contributed by atoms with van der Waals surface area (Å²) in [6.07, 6.45) is 3.54. The van der Waals surface area contributed by atoms with E-state index in [9.17, 15) is 4.79 Å². The maximum absolute atomic E-state index is 10.9. The Morgan fingerprint density at radius 2 is 2.36 bits per heavy atom. The maximum Gasteiger partial charge on any atom is 0.177 e. The Balaban J connectivity index is 3.10. The average molecular weight is 170 g/mol. The van der Waals surface area contributed by atoms with Gasteiger partial charge < -0.3 is 4.57 Å². The monoisotopic (exact) mass is 170 g/mol. The van der Waals surface area contributed by atoms with Gasteiger partial charge >= 0.3 is 0 Å². The molecule has 0 spiro atoms. The first-order chi connectivity index (χ1) is 5.16. The van der Waals surface area contributed by atoms with Crippen molar-refractivity contribution >= 4 is 17.5 Å². The van der Waals surface area contributed by atoms with Crippen molar-refractivity contribution in [1.29, 1.82) is 0 Å². The summed E-state index contributed by atoms with van der Waals surface area (Å²) in [5.41, 5.74) is 0.661. The van der Waals surface area contributed by atoms with Crippen LogP contribution < -0.4 is 0 Å². The Hall–Kier alpha value is -0.770. The second-order valence-electron chi connectivity index (χ2n) is 2.25. The van der Waals surface area contributed by atoms with Crippen LogP contribution in [0.15, 0.2) is 11.4 Å². The molecule has 0 fully saturated rings. The van der Waals surface area contributed by atoms with Crippen LogP contribution in [0.2, 0.25) is 0 Å². The van der Waals surface area contributed by atoms with E-state index in [1.165, 1.54) is 11.8 Å². The van der Waals surface area contributed by atoms with E-state index in [2.05, 4.69) is 4.98 Å². The Bertz CT molecular complexity index is 280. The smallest absolute Gasteiger partial charge is 0.177 e. The van der Waals surface area contributed by atoms with Crippen LogP contribution in [-0.2, 0) is 7.05 Å². The molecule has 0 amide bonds. The zero-order chi connectivity index (χ0) is 8.43. The largest absolute Gasteiger partial charge is 0.320 e. The van der Waals surface area contributed by atoms with Crippen molar-refractivity contribution in [3.05, 3.63) is 11.9 Å². The minimum absolute atomic E-state index is 0.0558. The van der Waals surface area contributed by atoms with Crippen LogP contribution in [-0.4, -0.2) is 21.6 Å². The summed E-state index contributed by atoms with van der Waals surface area (Å²) in [6, 6.07) is 0. The minimum atomic E-state index is 0.0558. The third kappa shape index (κ3) is 1.45. The fourth-order valence-corrected chi connectivity index (χ4v) is 1.44. The maximum atomic E-state index is 10.9. The van der Waals surface area contributed by atoms with Gasteiger partial charge in [-0.25, -0.2) is 4.98 Å². The summed E-state index contributed by atoms with van der Waals surface area (Å²) in [5, 5.41) is 0.871. The van der Waals surface area contributed by atoms with Gasteiger partial charge in [-0.3, -0.25) is 4.79 Å². The Labute approximate surface area is 69.8 Å². The number of hydrogen-bond donors (Lipinski definition) is 0. The second-order valence-corrected chi connectivity index (χ2v) is 3.02. The lowest BCUT2D eigenvalue weighted by Crippen LogP contribution is -2.01. The van der Waals surface area contributed by atoms with Crippen LogP contribution in [0.25, 0.3) is 0 Å². The highest BCUT2D eigenvalue weighted by atomic mass is 32.2. The van der Waals surface area contributed by atoms with E-state index in [0.717, 1.165) is 5.16 Å². The van der Waals surface area contributed by atoms with Crippen LogP contribution >= 0.6 is 11.8 Å². The van der Waals surface area contributed by atoms with Crippen LogP contribution in [0.3, 0.4) is 0 Å². The summed E-state index contributed by atoms with van der Waals surface area (Å²) in [6.45, 7) is 1.54. The first kappa shape index (κ1) is 8.33. The normalized spacial score (nSPS) is 10.1. The van der Waals surface area contributed by atoms with Gasteiger partial charge in [0, 0.05) is 14.0 Å². The number of thioether (sulfide) groups is 1. The van der Waals surface area contributed by atoms with Gasteiger partial charge in [0.15, 0.2) is 10.9 Å². The number of nitrogens with zero attached hydrogens (tertiary/aromatic N) is 2. The number of hydrogen-bond acceptors (Lipinski definition) is 3. The molecule has 1 rings (SSSR count). The number of carbonyl (C=O) groups is 1. The Kier molecular flexibility index (Phi) is 2.34. The van der Waals surface area contributed by atoms with E-state index in [4.69, 9.17) is 0 Å². The van der Waals surface area contributed by atoms with Gasteiger partial charge in [-0.1, -0.05) is 11.8 Å². The number of rotatable bonds is 2. The molecule has 1 aromatic heterocycles. The molecule has 0 atom stereocenters. The third-order valence-corrected chi connectivity index (χ3v) is 2.23. The van der Waals surface area contributed by atoms with E-state index in [-0.39, 0.29) is 5.78 Å². The first-order valence-electron chi connectivity index (χ1n) is 3.23. The van der Waals surface area contributed by atoms with E-state index in [1.807, 2.05) is 13.3 Å². The van der Waals surface area contributed by atoms with E-state index >= 15 is 0 Å². The van der Waals surface area contributed by atoms with E-state index in [0.29, 0.717) is 5.69 Å². The number of carbonyl (C=O) groups excluding carboxylic acids is 1. The Morgan fingerprint density at radius 3 is 2.64 bits per heavy atom. The molecule has 0 N–H and O–H groups in total. The van der Waals surface area contributed by atoms with E-state index < -0.39 is 0 Å². The van der Waals surface area contributed by atoms with Crippen molar-refractivity contribution in [2.75, 3.05) is 6.26 Å². The van der Waals surface area contributed by atoms with Crippen molar-refractivity contribution in [3.8, 4) is 0 Å². The van der Waals surface area contributed by atoms with Crippen molar-refractivity contribution in [1.82, 2.24) is 9.55 Å². The van der Waals surface area contributed by atoms with Crippen LogP contribution in [0, 0.1) is 0 Å². The molecule has 11 heavy (non-hydrogen) atoms. The first-order valence-corrected chi connectivity index (χ1v) is 4.46. The van der Waals surface area contributed by atoms with Crippen molar-refractivity contribution < 1.29 is 4.79 Å². The molecule has 1 aromatic rings. The molecular formula is C7H10N2OS. The molecule has 0 aromatic carbocycles. The highest BCUT2D eigenvalue weighted by Crippen LogP contribution is 2.13. The van der Waals surface area contributed by atoms with Gasteiger partial charge in [0.25, 0.3) is 0 Å². The molecule has 0 unspecified atom stereocenters. The summed E-state index contributed by atoms with van der Waals surface area (Å²) >= 11 is 1.53. The van der Waals surface area contributed by atoms with Crippen LogP contribution in [0.5, 0.6) is 0 Å². The quantitative estimate of drug-likeness (QED) is 0.496. The standard InChI is InChI=1S/C7H10N2OS/c1-5(10)6-4-8-7(11-3)9(6)2/h4H,1-3H3. The minimum Gasteiger partial charge on any atom is -0.320 e. The zero-order valence-electron chi connectivity index (χ0n) is 6.79. The molecule has 60 valence electrons. The molecular weight excluding hydrogens is 160 g/mol. The zero-order valence-corrected chi connectivity index (χ0v) is 7.60. The van der Waals surface area contributed by atoms with Crippen LogP contribution in [0.4, 0.5) is 0 Å². The van der Waals surface area contributed by atoms with Gasteiger partial charge in [0.1, 0.15) is 5.69 Å². The molecule has 0 radical (unpaired) electrons. The Morgan fingerprint density at radius 1 is 1.73 bits per heavy atom. The fourth-order valence-electron chi connectivity index (χ4n) is 0.909. The highest BCUT2D eigenvalue weighted by molar-refractivity contribution is 7.98. The van der Waals surface area contributed by atoms with Crippen molar-refractivity contribution in [2.24, 2.45) is 7.05 Å². The van der Waals surface area contributed by atoms with Gasteiger partial charge in [0.05, 0.1) is 6.20 Å². The topological polar surface area (TPSA) is 34.9 Å². The number of Topliss-reactive ketones (excluding diaryl/α,β-unsaturated/α-hetero) is 1. The molecule has 0 aliphatic heterocycles. The number of ketones is 1. The van der Waals surface area contributed by atoms with E-state index in [1.54, 1.807) is 17.7 Å². The van der Waals surface area contributed by atoms with Crippen molar-refractivity contribution in [3.63, 3.8) is 0 Å². The van der Waals surface area contributed by atoms with Crippen LogP contribution in [0.1, 0.15) is 17.4 Å². The second kappa shape index (κ2) is 3.09. The summed E-state index contributed by atoms with van der Waals surface area (Å²) in [4.78, 5) is 15.0. The lowest BCUT2D eigenvalue weighted by molar-refractivity contribution is 0.100. The molecule has 0 aliphatic rings. The highest BCUT2D eigenvalue weighted by Gasteiger charge is 2.07. The van der Waals surface area contributed by atoms with Crippen molar-refractivity contribution in [2.45, 2.75) is 12.1 Å². The average Bonchev–Trinajstić information content (AvgIpc) is 2.30. The molecule has 0 saturated carbocycles. The molecule has 1 heterocycles. The lowest BCUT2D eigenvalue weighted by atomic mass is 10.3. The van der Waals surface area contributed by atoms with Gasteiger partial charge in [-0.2, -0.15) is 0 Å².